The van der Waals surface area contributed by atoms with Crippen molar-refractivity contribution in [3.63, 3.8) is 0 Å². The summed E-state index contributed by atoms with van der Waals surface area (Å²) < 4.78 is 34.1. The highest BCUT2D eigenvalue weighted by molar-refractivity contribution is 7.86. The van der Waals surface area contributed by atoms with Crippen LogP contribution in [-0.4, -0.2) is 27.7 Å². The summed E-state index contributed by atoms with van der Waals surface area (Å²) in [6.07, 6.45) is 2.83. The van der Waals surface area contributed by atoms with Crippen molar-refractivity contribution in [2.24, 2.45) is 0 Å². The van der Waals surface area contributed by atoms with Crippen molar-refractivity contribution < 1.29 is 17.3 Å². The summed E-state index contributed by atoms with van der Waals surface area (Å²) in [7, 11) is -3.62. The molecule has 1 saturated heterocycles. The van der Waals surface area contributed by atoms with Crippen molar-refractivity contribution in [2.75, 3.05) is 13.2 Å². The summed E-state index contributed by atoms with van der Waals surface area (Å²) in [6, 6.07) is 6.65. The summed E-state index contributed by atoms with van der Waals surface area (Å²) in [4.78, 5) is 0.209. The topological polar surface area (TPSA) is 52.6 Å². The SMILES string of the molecule is Cc1ccc(S(=O)(=O)OCC[C@H]2CCCO2)cc1. The first kappa shape index (κ1) is 13.5. The molecular weight excluding hydrogens is 252 g/mol. The summed E-state index contributed by atoms with van der Waals surface area (Å²) in [6.45, 7) is 2.87. The zero-order valence-electron chi connectivity index (χ0n) is 10.5. The highest BCUT2D eigenvalue weighted by Crippen LogP contribution is 2.17. The molecule has 5 heteroatoms. The Balaban J connectivity index is 1.88. The van der Waals surface area contributed by atoms with Crippen LogP contribution in [0.2, 0.25) is 0 Å². The van der Waals surface area contributed by atoms with Gasteiger partial charge < -0.3 is 4.74 Å². The van der Waals surface area contributed by atoms with Crippen LogP contribution in [0.5, 0.6) is 0 Å². The molecule has 100 valence electrons. The van der Waals surface area contributed by atoms with Gasteiger partial charge in [-0.25, -0.2) is 0 Å². The van der Waals surface area contributed by atoms with E-state index in [9.17, 15) is 8.42 Å². The molecule has 1 fully saturated rings. The van der Waals surface area contributed by atoms with Gasteiger partial charge in [0.05, 0.1) is 17.6 Å². The first-order valence-corrected chi connectivity index (χ1v) is 7.56. The molecule has 0 aliphatic carbocycles. The number of benzene rings is 1. The lowest BCUT2D eigenvalue weighted by Gasteiger charge is -2.09. The molecule has 0 saturated carbocycles. The second kappa shape index (κ2) is 5.82. The van der Waals surface area contributed by atoms with Crippen LogP contribution < -0.4 is 0 Å². The predicted molar refractivity (Wildman–Crippen MR) is 67.9 cm³/mol. The lowest BCUT2D eigenvalue weighted by Crippen LogP contribution is -2.13. The smallest absolute Gasteiger partial charge is 0.296 e. The largest absolute Gasteiger partial charge is 0.378 e. The van der Waals surface area contributed by atoms with Crippen molar-refractivity contribution in [2.45, 2.75) is 37.2 Å². The van der Waals surface area contributed by atoms with Gasteiger partial charge in [0.15, 0.2) is 0 Å². The van der Waals surface area contributed by atoms with E-state index < -0.39 is 10.1 Å². The van der Waals surface area contributed by atoms with Crippen LogP contribution in [0.4, 0.5) is 0 Å². The van der Waals surface area contributed by atoms with Gasteiger partial charge in [-0.05, 0) is 38.3 Å². The molecule has 1 heterocycles. The van der Waals surface area contributed by atoms with E-state index in [1.807, 2.05) is 6.92 Å². The normalized spacial score (nSPS) is 20.2. The maximum atomic E-state index is 11.9. The molecule has 1 aliphatic heterocycles. The Morgan fingerprint density at radius 2 is 2.06 bits per heavy atom. The second-order valence-electron chi connectivity index (χ2n) is 4.51. The number of aryl methyl sites for hydroxylation is 1. The zero-order chi connectivity index (χ0) is 13.0. The van der Waals surface area contributed by atoms with Crippen molar-refractivity contribution in [1.29, 1.82) is 0 Å². The third-order valence-corrected chi connectivity index (χ3v) is 4.34. The van der Waals surface area contributed by atoms with Gasteiger partial charge in [-0.1, -0.05) is 17.7 Å². The Labute approximate surface area is 108 Å². The molecule has 0 aromatic heterocycles. The minimum Gasteiger partial charge on any atom is -0.378 e. The molecule has 18 heavy (non-hydrogen) atoms. The first-order valence-electron chi connectivity index (χ1n) is 6.16. The summed E-state index contributed by atoms with van der Waals surface area (Å²) in [5, 5.41) is 0. The van der Waals surface area contributed by atoms with Gasteiger partial charge in [0.1, 0.15) is 0 Å². The average Bonchev–Trinajstić information content (AvgIpc) is 2.82. The van der Waals surface area contributed by atoms with E-state index in [1.54, 1.807) is 24.3 Å². The van der Waals surface area contributed by atoms with Crippen LogP contribution in [0.3, 0.4) is 0 Å². The number of rotatable bonds is 5. The van der Waals surface area contributed by atoms with Crippen LogP contribution in [0.1, 0.15) is 24.8 Å². The second-order valence-corrected chi connectivity index (χ2v) is 6.13. The van der Waals surface area contributed by atoms with Gasteiger partial charge in [-0.15, -0.1) is 0 Å². The summed E-state index contributed by atoms with van der Waals surface area (Å²) in [5.41, 5.74) is 1.02. The van der Waals surface area contributed by atoms with E-state index in [1.165, 1.54) is 0 Å². The van der Waals surface area contributed by atoms with E-state index in [2.05, 4.69) is 0 Å². The van der Waals surface area contributed by atoms with Gasteiger partial charge in [0, 0.05) is 6.61 Å². The number of ether oxygens (including phenoxy) is 1. The molecule has 1 aromatic rings. The molecule has 0 radical (unpaired) electrons. The number of hydrogen-bond donors (Lipinski definition) is 0. The van der Waals surface area contributed by atoms with E-state index in [0.717, 1.165) is 25.0 Å². The average molecular weight is 270 g/mol. The Hall–Kier alpha value is -0.910. The Morgan fingerprint density at radius 3 is 2.67 bits per heavy atom. The maximum Gasteiger partial charge on any atom is 0.296 e. The Bertz CT molecular complexity index is 472. The first-order chi connectivity index (χ1) is 8.58. The summed E-state index contributed by atoms with van der Waals surface area (Å²) >= 11 is 0. The molecular formula is C13H18O4S. The monoisotopic (exact) mass is 270 g/mol. The third kappa shape index (κ3) is 3.54. The molecule has 1 atom stereocenters. The Kier molecular flexibility index (Phi) is 4.37. The van der Waals surface area contributed by atoms with Crippen molar-refractivity contribution in [1.82, 2.24) is 0 Å². The van der Waals surface area contributed by atoms with E-state index in [4.69, 9.17) is 8.92 Å². The number of hydrogen-bond acceptors (Lipinski definition) is 4. The molecule has 4 nitrogen and oxygen atoms in total. The van der Waals surface area contributed by atoms with Gasteiger partial charge in [0.25, 0.3) is 10.1 Å². The van der Waals surface area contributed by atoms with Crippen LogP contribution in [0.25, 0.3) is 0 Å². The van der Waals surface area contributed by atoms with E-state index in [0.29, 0.717) is 6.42 Å². The minimum atomic E-state index is -3.62. The fourth-order valence-corrected chi connectivity index (χ4v) is 2.86. The lowest BCUT2D eigenvalue weighted by molar-refractivity contribution is 0.0913. The Morgan fingerprint density at radius 1 is 1.33 bits per heavy atom. The molecule has 0 amide bonds. The summed E-state index contributed by atoms with van der Waals surface area (Å²) in [5.74, 6) is 0. The van der Waals surface area contributed by atoms with Crippen LogP contribution in [-0.2, 0) is 19.0 Å². The fraction of sp³-hybridized carbons (Fsp3) is 0.538. The van der Waals surface area contributed by atoms with Gasteiger partial charge in [-0.2, -0.15) is 8.42 Å². The standard InChI is InChI=1S/C13H18O4S/c1-11-4-6-13(7-5-11)18(14,15)17-10-8-12-3-2-9-16-12/h4-7,12H,2-3,8-10H2,1H3/t12-/m1/s1. The van der Waals surface area contributed by atoms with Gasteiger partial charge >= 0.3 is 0 Å². The predicted octanol–water partition coefficient (Wildman–Crippen LogP) is 2.27. The molecule has 0 N–H and O–H groups in total. The maximum absolute atomic E-state index is 11.9. The third-order valence-electron chi connectivity index (χ3n) is 3.01. The lowest BCUT2D eigenvalue weighted by atomic mass is 10.2. The molecule has 0 unspecified atom stereocenters. The van der Waals surface area contributed by atoms with Crippen molar-refractivity contribution in [3.8, 4) is 0 Å². The minimum absolute atomic E-state index is 0.151. The molecule has 0 bridgehead atoms. The molecule has 0 spiro atoms. The van der Waals surface area contributed by atoms with E-state index >= 15 is 0 Å². The van der Waals surface area contributed by atoms with Crippen molar-refractivity contribution in [3.05, 3.63) is 29.8 Å². The highest BCUT2D eigenvalue weighted by atomic mass is 32.2. The quantitative estimate of drug-likeness (QED) is 0.770. The van der Waals surface area contributed by atoms with Crippen LogP contribution in [0.15, 0.2) is 29.2 Å². The van der Waals surface area contributed by atoms with Gasteiger partial charge in [-0.3, -0.25) is 4.18 Å². The van der Waals surface area contributed by atoms with Crippen molar-refractivity contribution >= 4 is 10.1 Å². The fourth-order valence-electron chi connectivity index (χ4n) is 1.93. The molecule has 1 aromatic carbocycles. The molecule has 2 rings (SSSR count). The van der Waals surface area contributed by atoms with E-state index in [-0.39, 0.29) is 17.6 Å². The highest BCUT2D eigenvalue weighted by Gasteiger charge is 2.18. The van der Waals surface area contributed by atoms with Crippen LogP contribution in [0, 0.1) is 6.92 Å². The van der Waals surface area contributed by atoms with Crippen LogP contribution >= 0.6 is 0 Å². The molecule has 1 aliphatic rings. The van der Waals surface area contributed by atoms with Gasteiger partial charge in [0.2, 0.25) is 0 Å². The zero-order valence-corrected chi connectivity index (χ0v) is 11.3.